The number of aromatic nitrogens is 1. The van der Waals surface area contributed by atoms with Gasteiger partial charge in [-0.3, -0.25) is 9.78 Å². The molecule has 1 atom stereocenters. The van der Waals surface area contributed by atoms with Gasteiger partial charge in [-0.2, -0.15) is 0 Å². The maximum atomic E-state index is 12.7. The Labute approximate surface area is 169 Å². The molecule has 1 amide bonds. The Balaban J connectivity index is 1.33. The third-order valence-electron chi connectivity index (χ3n) is 4.94. The van der Waals surface area contributed by atoms with E-state index < -0.39 is 0 Å². The van der Waals surface area contributed by atoms with Gasteiger partial charge in [0.1, 0.15) is 5.75 Å². The van der Waals surface area contributed by atoms with Gasteiger partial charge in [0.25, 0.3) is 5.91 Å². The topological polar surface area (TPSA) is 42.4 Å². The number of hydrogen-bond acceptors (Lipinski definition) is 5. The zero-order valence-corrected chi connectivity index (χ0v) is 16.9. The van der Waals surface area contributed by atoms with E-state index in [1.165, 1.54) is 23.5 Å². The maximum Gasteiger partial charge on any atom is 0.261 e. The van der Waals surface area contributed by atoms with Crippen molar-refractivity contribution in [2.45, 2.75) is 29.9 Å². The normalized spacial score (nSPS) is 20.6. The summed E-state index contributed by atoms with van der Waals surface area (Å²) in [7, 11) is 0. The Morgan fingerprint density at radius 2 is 1.93 bits per heavy atom. The van der Waals surface area contributed by atoms with Crippen molar-refractivity contribution in [1.29, 1.82) is 0 Å². The van der Waals surface area contributed by atoms with Gasteiger partial charge >= 0.3 is 0 Å². The summed E-state index contributed by atoms with van der Waals surface area (Å²) in [6, 6.07) is 14.2. The van der Waals surface area contributed by atoms with E-state index in [4.69, 9.17) is 4.74 Å². The van der Waals surface area contributed by atoms with E-state index >= 15 is 0 Å². The van der Waals surface area contributed by atoms with Crippen LogP contribution in [0.25, 0.3) is 0 Å². The van der Waals surface area contributed by atoms with Crippen molar-refractivity contribution in [3.8, 4) is 5.75 Å². The first kappa shape index (κ1) is 18.7. The molecule has 0 N–H and O–H groups in total. The largest absolute Gasteiger partial charge is 0.484 e. The average molecular weight is 401 g/mol. The molecule has 0 radical (unpaired) electrons. The average Bonchev–Trinajstić information content (AvgIpc) is 3.24. The molecule has 3 heterocycles. The number of carbonyl (C=O) groups is 1. The van der Waals surface area contributed by atoms with Crippen molar-refractivity contribution in [1.82, 2.24) is 9.88 Å². The number of amides is 1. The van der Waals surface area contributed by atoms with Gasteiger partial charge in [-0.05, 0) is 60.6 Å². The Morgan fingerprint density at radius 1 is 1.11 bits per heavy atom. The lowest BCUT2D eigenvalue weighted by Crippen LogP contribution is -2.34. The highest BCUT2D eigenvalue weighted by Gasteiger charge is 2.30. The van der Waals surface area contributed by atoms with Crippen LogP contribution in [0.1, 0.15) is 41.1 Å². The van der Waals surface area contributed by atoms with Crippen LogP contribution in [0.2, 0.25) is 0 Å². The molecule has 27 heavy (non-hydrogen) atoms. The van der Waals surface area contributed by atoms with Gasteiger partial charge in [0, 0.05) is 12.7 Å². The van der Waals surface area contributed by atoms with Crippen molar-refractivity contribution in [3.63, 3.8) is 0 Å². The fourth-order valence-electron chi connectivity index (χ4n) is 3.58. The summed E-state index contributed by atoms with van der Waals surface area (Å²) in [5, 5.41) is 0. The molecule has 4 nitrogen and oxygen atoms in total. The lowest BCUT2D eigenvalue weighted by Gasteiger charge is -2.24. The van der Waals surface area contributed by atoms with E-state index in [1.54, 1.807) is 6.20 Å². The third-order valence-corrected chi connectivity index (χ3v) is 7.96. The van der Waals surface area contributed by atoms with Gasteiger partial charge in [-0.15, -0.1) is 23.5 Å². The van der Waals surface area contributed by atoms with Gasteiger partial charge in [-0.1, -0.05) is 18.2 Å². The van der Waals surface area contributed by atoms with Crippen LogP contribution in [0.15, 0.2) is 48.7 Å². The molecular weight excluding hydrogens is 376 g/mol. The summed E-state index contributed by atoms with van der Waals surface area (Å²) in [5.74, 6) is 3.26. The number of carbonyl (C=O) groups excluding carboxylic acids is 1. The van der Waals surface area contributed by atoms with Crippen LogP contribution >= 0.6 is 23.5 Å². The van der Waals surface area contributed by atoms with Crippen LogP contribution < -0.4 is 4.74 Å². The first-order valence-electron chi connectivity index (χ1n) is 9.47. The Morgan fingerprint density at radius 3 is 2.67 bits per heavy atom. The summed E-state index contributed by atoms with van der Waals surface area (Å²) < 4.78 is 6.31. The monoisotopic (exact) mass is 400 g/mol. The molecule has 2 saturated heterocycles. The second-order valence-electron chi connectivity index (χ2n) is 6.78. The molecule has 4 rings (SSSR count). The third kappa shape index (κ3) is 4.61. The quantitative estimate of drug-likeness (QED) is 0.728. The maximum absolute atomic E-state index is 12.7. The first-order chi connectivity index (χ1) is 13.3. The van der Waals surface area contributed by atoms with Crippen molar-refractivity contribution >= 4 is 29.4 Å². The number of rotatable bonds is 5. The molecule has 0 saturated carbocycles. The molecule has 0 aliphatic carbocycles. The molecule has 0 bridgehead atoms. The summed E-state index contributed by atoms with van der Waals surface area (Å²) in [5.41, 5.74) is 2.30. The van der Waals surface area contributed by atoms with Crippen LogP contribution in [-0.4, -0.2) is 40.4 Å². The molecule has 2 aliphatic heterocycles. The van der Waals surface area contributed by atoms with Gasteiger partial charge in [0.05, 0.1) is 16.3 Å². The van der Waals surface area contributed by atoms with E-state index in [2.05, 4.69) is 17.1 Å². The molecule has 2 aromatic rings. The lowest BCUT2D eigenvalue weighted by molar-refractivity contribution is -0.134. The Hall–Kier alpha value is -1.66. The van der Waals surface area contributed by atoms with Crippen LogP contribution in [-0.2, 0) is 4.79 Å². The zero-order valence-electron chi connectivity index (χ0n) is 15.3. The lowest BCUT2D eigenvalue weighted by atomic mass is 10.1. The van der Waals surface area contributed by atoms with Gasteiger partial charge in [0.2, 0.25) is 0 Å². The number of nitrogens with zero attached hydrogens (tertiary/aromatic N) is 2. The highest BCUT2D eigenvalue weighted by Crippen LogP contribution is 2.43. The number of thioether (sulfide) groups is 2. The van der Waals surface area contributed by atoms with E-state index in [9.17, 15) is 4.79 Å². The predicted octanol–water partition coefficient (Wildman–Crippen LogP) is 4.69. The number of pyridine rings is 1. The zero-order chi connectivity index (χ0) is 18.5. The second-order valence-corrected chi connectivity index (χ2v) is 9.51. The van der Waals surface area contributed by atoms with Crippen LogP contribution in [0, 0.1) is 0 Å². The minimum Gasteiger partial charge on any atom is -0.484 e. The fraction of sp³-hybridized carbons (Fsp3) is 0.429. The smallest absolute Gasteiger partial charge is 0.261 e. The summed E-state index contributed by atoms with van der Waals surface area (Å²) >= 11 is 4.02. The van der Waals surface area contributed by atoms with Crippen molar-refractivity contribution in [3.05, 3.63) is 59.9 Å². The SMILES string of the molecule is O=C(COc1ccc(C2SCCCS2)cc1)N1CCCC1c1ccccn1. The minimum atomic E-state index is 0.0330. The molecule has 6 heteroatoms. The molecule has 2 aliphatic rings. The molecule has 0 spiro atoms. The molecule has 142 valence electrons. The standard InChI is InChI=1S/C21H24N2O2S2/c24-20(23-12-3-6-19(23)18-5-1-2-11-22-18)15-25-17-9-7-16(8-10-17)21-26-13-4-14-27-21/h1-2,5,7-11,19,21H,3-4,6,12-15H2. The van der Waals surface area contributed by atoms with E-state index in [-0.39, 0.29) is 18.6 Å². The second kappa shape index (κ2) is 9.02. The van der Waals surface area contributed by atoms with Crippen molar-refractivity contribution < 1.29 is 9.53 Å². The van der Waals surface area contributed by atoms with E-state index in [1.807, 2.05) is 58.8 Å². The molecule has 1 unspecified atom stereocenters. The first-order valence-corrected chi connectivity index (χ1v) is 11.6. The molecule has 1 aromatic heterocycles. The van der Waals surface area contributed by atoms with Crippen LogP contribution in [0.3, 0.4) is 0 Å². The fourth-order valence-corrected chi connectivity index (χ4v) is 6.47. The molecule has 1 aromatic carbocycles. The van der Waals surface area contributed by atoms with Crippen molar-refractivity contribution in [2.75, 3.05) is 24.7 Å². The number of benzene rings is 1. The van der Waals surface area contributed by atoms with Crippen LogP contribution in [0.5, 0.6) is 5.75 Å². The Bertz CT molecular complexity index is 749. The van der Waals surface area contributed by atoms with Crippen LogP contribution in [0.4, 0.5) is 0 Å². The minimum absolute atomic E-state index is 0.0330. The van der Waals surface area contributed by atoms with Gasteiger partial charge in [0.15, 0.2) is 6.61 Å². The number of ether oxygens (including phenoxy) is 1. The van der Waals surface area contributed by atoms with Gasteiger partial charge < -0.3 is 9.64 Å². The summed E-state index contributed by atoms with van der Waals surface area (Å²) in [4.78, 5) is 19.0. The number of likely N-dealkylation sites (tertiary alicyclic amines) is 1. The highest BCUT2D eigenvalue weighted by atomic mass is 32.2. The van der Waals surface area contributed by atoms with Gasteiger partial charge in [-0.25, -0.2) is 0 Å². The summed E-state index contributed by atoms with van der Waals surface area (Å²) in [6.07, 6.45) is 5.06. The molecular formula is C21H24N2O2S2. The van der Waals surface area contributed by atoms with E-state index in [0.29, 0.717) is 4.58 Å². The predicted molar refractivity (Wildman–Crippen MR) is 112 cm³/mol. The van der Waals surface area contributed by atoms with Crippen molar-refractivity contribution in [2.24, 2.45) is 0 Å². The summed E-state index contributed by atoms with van der Waals surface area (Å²) in [6.45, 7) is 0.855. The van der Waals surface area contributed by atoms with E-state index in [0.717, 1.165) is 30.8 Å². The Kier molecular flexibility index (Phi) is 6.24. The molecule has 2 fully saturated rings. The number of hydrogen-bond donors (Lipinski definition) is 0. The highest BCUT2D eigenvalue weighted by molar-refractivity contribution is 8.16.